The van der Waals surface area contributed by atoms with Crippen LogP contribution in [0, 0.1) is 5.41 Å². The molecule has 0 aromatic carbocycles. The first-order valence-electron chi connectivity index (χ1n) is 9.43. The van der Waals surface area contributed by atoms with Crippen LogP contribution in [0.4, 0.5) is 0 Å². The van der Waals surface area contributed by atoms with Crippen molar-refractivity contribution in [2.24, 2.45) is 10.4 Å². The van der Waals surface area contributed by atoms with Gasteiger partial charge in [-0.05, 0) is 46.2 Å². The SMILES string of the molecule is CCNC(=NCC1(C(=O)N(C)C)CCCC1)NCC1CCCN1C.I. The first-order valence-corrected chi connectivity index (χ1v) is 9.43. The average Bonchev–Trinajstić information content (AvgIpc) is 3.19. The van der Waals surface area contributed by atoms with Crippen molar-refractivity contribution in [1.29, 1.82) is 0 Å². The third-order valence-corrected chi connectivity index (χ3v) is 5.48. The van der Waals surface area contributed by atoms with Gasteiger partial charge in [0.1, 0.15) is 0 Å². The van der Waals surface area contributed by atoms with Crippen LogP contribution in [0.25, 0.3) is 0 Å². The summed E-state index contributed by atoms with van der Waals surface area (Å²) in [5.74, 6) is 1.07. The van der Waals surface area contributed by atoms with Gasteiger partial charge in [-0.1, -0.05) is 12.8 Å². The zero-order valence-corrected chi connectivity index (χ0v) is 18.6. The molecule has 0 bridgehead atoms. The number of carbonyl (C=O) groups is 1. The molecular formula is C18H36IN5O. The summed E-state index contributed by atoms with van der Waals surface area (Å²) in [5, 5.41) is 6.80. The quantitative estimate of drug-likeness (QED) is 0.358. The molecule has 25 heavy (non-hydrogen) atoms. The van der Waals surface area contributed by atoms with E-state index in [0.717, 1.165) is 44.7 Å². The van der Waals surface area contributed by atoms with Crippen molar-refractivity contribution in [3.8, 4) is 0 Å². The Kier molecular flexibility index (Phi) is 9.48. The normalized spacial score (nSPS) is 23.2. The van der Waals surface area contributed by atoms with Crippen LogP contribution in [0.5, 0.6) is 0 Å². The zero-order chi connectivity index (χ0) is 17.6. The number of hydrogen-bond donors (Lipinski definition) is 2. The van der Waals surface area contributed by atoms with Crippen LogP contribution in [-0.2, 0) is 4.79 Å². The number of carbonyl (C=O) groups excluding carboxylic acids is 1. The number of nitrogens with zero attached hydrogens (tertiary/aromatic N) is 3. The molecule has 1 aliphatic carbocycles. The maximum Gasteiger partial charge on any atom is 0.230 e. The first kappa shape index (κ1) is 22.5. The lowest BCUT2D eigenvalue weighted by molar-refractivity contribution is -0.138. The van der Waals surface area contributed by atoms with E-state index in [1.54, 1.807) is 4.90 Å². The minimum Gasteiger partial charge on any atom is -0.357 e. The van der Waals surface area contributed by atoms with E-state index in [9.17, 15) is 4.79 Å². The van der Waals surface area contributed by atoms with Gasteiger partial charge in [0, 0.05) is 33.2 Å². The van der Waals surface area contributed by atoms with Gasteiger partial charge >= 0.3 is 0 Å². The molecule has 1 saturated carbocycles. The van der Waals surface area contributed by atoms with E-state index >= 15 is 0 Å². The molecule has 6 nitrogen and oxygen atoms in total. The molecule has 0 radical (unpaired) electrons. The van der Waals surface area contributed by atoms with Gasteiger partial charge in [-0.25, -0.2) is 0 Å². The monoisotopic (exact) mass is 465 g/mol. The molecule has 1 amide bonds. The highest BCUT2D eigenvalue weighted by molar-refractivity contribution is 14.0. The standard InChI is InChI=1S/C18H35N5O.HI/c1-5-19-17(20-13-15-9-8-12-23(15)4)21-14-18(10-6-7-11-18)16(24)22(2)3;/h15H,5-14H2,1-4H3,(H2,19,20,21);1H. The zero-order valence-electron chi connectivity index (χ0n) is 16.3. The largest absolute Gasteiger partial charge is 0.357 e. The molecule has 2 rings (SSSR count). The minimum absolute atomic E-state index is 0. The van der Waals surface area contributed by atoms with E-state index in [2.05, 4.69) is 29.5 Å². The summed E-state index contributed by atoms with van der Waals surface area (Å²) < 4.78 is 0. The van der Waals surface area contributed by atoms with Crippen molar-refractivity contribution >= 4 is 35.8 Å². The Balaban J connectivity index is 0.00000312. The summed E-state index contributed by atoms with van der Waals surface area (Å²) in [7, 11) is 5.89. The van der Waals surface area contributed by atoms with E-state index in [1.165, 1.54) is 19.4 Å². The van der Waals surface area contributed by atoms with Crippen molar-refractivity contribution in [3.63, 3.8) is 0 Å². The molecule has 1 saturated heterocycles. The van der Waals surface area contributed by atoms with Crippen LogP contribution in [0.2, 0.25) is 0 Å². The Hall–Kier alpha value is -0.570. The molecule has 7 heteroatoms. The second kappa shape index (κ2) is 10.5. The highest BCUT2D eigenvalue weighted by Gasteiger charge is 2.42. The lowest BCUT2D eigenvalue weighted by Crippen LogP contribution is -2.45. The summed E-state index contributed by atoms with van der Waals surface area (Å²) in [4.78, 5) is 21.6. The van der Waals surface area contributed by atoms with E-state index in [1.807, 2.05) is 14.1 Å². The van der Waals surface area contributed by atoms with E-state index in [-0.39, 0.29) is 35.3 Å². The minimum atomic E-state index is -0.296. The third-order valence-electron chi connectivity index (χ3n) is 5.48. The van der Waals surface area contributed by atoms with Gasteiger partial charge in [-0.15, -0.1) is 24.0 Å². The lowest BCUT2D eigenvalue weighted by atomic mass is 9.85. The summed E-state index contributed by atoms with van der Waals surface area (Å²) in [6, 6.07) is 0.581. The van der Waals surface area contributed by atoms with Crippen molar-refractivity contribution in [1.82, 2.24) is 20.4 Å². The average molecular weight is 465 g/mol. The maximum absolute atomic E-state index is 12.7. The highest BCUT2D eigenvalue weighted by Crippen LogP contribution is 2.39. The fourth-order valence-corrected chi connectivity index (χ4v) is 3.99. The highest BCUT2D eigenvalue weighted by atomic mass is 127. The topological polar surface area (TPSA) is 60.0 Å². The van der Waals surface area contributed by atoms with Crippen molar-refractivity contribution < 1.29 is 4.79 Å². The Morgan fingerprint density at radius 3 is 2.44 bits per heavy atom. The fourth-order valence-electron chi connectivity index (χ4n) is 3.99. The number of likely N-dealkylation sites (N-methyl/N-ethyl adjacent to an activating group) is 1. The van der Waals surface area contributed by atoms with Crippen LogP contribution in [0.1, 0.15) is 45.4 Å². The Morgan fingerprint density at radius 2 is 1.92 bits per heavy atom. The maximum atomic E-state index is 12.7. The Morgan fingerprint density at radius 1 is 1.24 bits per heavy atom. The van der Waals surface area contributed by atoms with Gasteiger partial charge in [0.25, 0.3) is 0 Å². The predicted molar refractivity (Wildman–Crippen MR) is 115 cm³/mol. The Bertz CT molecular complexity index is 449. The van der Waals surface area contributed by atoms with Crippen LogP contribution < -0.4 is 10.6 Å². The van der Waals surface area contributed by atoms with Crippen LogP contribution >= 0.6 is 24.0 Å². The van der Waals surface area contributed by atoms with Gasteiger partial charge in [0.2, 0.25) is 5.91 Å². The van der Waals surface area contributed by atoms with Gasteiger partial charge in [0.05, 0.1) is 12.0 Å². The van der Waals surface area contributed by atoms with Crippen molar-refractivity contribution in [3.05, 3.63) is 0 Å². The summed E-state index contributed by atoms with van der Waals surface area (Å²) >= 11 is 0. The molecular weight excluding hydrogens is 429 g/mol. The number of guanidine groups is 1. The van der Waals surface area contributed by atoms with Crippen molar-refractivity contribution in [2.45, 2.75) is 51.5 Å². The molecule has 2 N–H and O–H groups in total. The summed E-state index contributed by atoms with van der Waals surface area (Å²) in [6.45, 7) is 5.59. The number of aliphatic imine (C=N–C) groups is 1. The van der Waals surface area contributed by atoms with E-state index < -0.39 is 0 Å². The van der Waals surface area contributed by atoms with Crippen LogP contribution in [-0.4, -0.2) is 75.0 Å². The molecule has 2 fully saturated rings. The van der Waals surface area contributed by atoms with Gasteiger partial charge in [-0.2, -0.15) is 0 Å². The number of rotatable bonds is 6. The smallest absolute Gasteiger partial charge is 0.230 e. The van der Waals surface area contributed by atoms with Gasteiger partial charge in [0.15, 0.2) is 5.96 Å². The van der Waals surface area contributed by atoms with Crippen molar-refractivity contribution in [2.75, 3.05) is 47.3 Å². The molecule has 0 aromatic rings. The molecule has 1 atom stereocenters. The second-order valence-corrected chi connectivity index (χ2v) is 7.54. The number of hydrogen-bond acceptors (Lipinski definition) is 3. The number of likely N-dealkylation sites (tertiary alicyclic amines) is 1. The first-order chi connectivity index (χ1) is 11.5. The molecule has 1 unspecified atom stereocenters. The molecule has 0 spiro atoms. The lowest BCUT2D eigenvalue weighted by Gasteiger charge is -2.29. The number of halogens is 1. The van der Waals surface area contributed by atoms with Gasteiger partial charge in [-0.3, -0.25) is 9.79 Å². The second-order valence-electron chi connectivity index (χ2n) is 7.54. The number of amides is 1. The third kappa shape index (κ3) is 5.98. The van der Waals surface area contributed by atoms with E-state index in [0.29, 0.717) is 12.6 Å². The Labute approximate surface area is 170 Å². The molecule has 1 aliphatic heterocycles. The summed E-state index contributed by atoms with van der Waals surface area (Å²) in [5.41, 5.74) is -0.296. The predicted octanol–water partition coefficient (Wildman–Crippen LogP) is 1.90. The van der Waals surface area contributed by atoms with Crippen LogP contribution in [0.15, 0.2) is 4.99 Å². The fraction of sp³-hybridized carbons (Fsp3) is 0.889. The van der Waals surface area contributed by atoms with Gasteiger partial charge < -0.3 is 20.4 Å². The molecule has 1 heterocycles. The molecule has 2 aliphatic rings. The molecule has 146 valence electrons. The molecule has 0 aromatic heterocycles. The van der Waals surface area contributed by atoms with Crippen LogP contribution in [0.3, 0.4) is 0 Å². The number of nitrogens with one attached hydrogen (secondary N) is 2. The van der Waals surface area contributed by atoms with E-state index in [4.69, 9.17) is 4.99 Å². The summed E-state index contributed by atoms with van der Waals surface area (Å²) in [6.07, 6.45) is 6.69.